The van der Waals surface area contributed by atoms with Crippen LogP contribution in [0.4, 0.5) is 0 Å². The molecule has 1 aromatic carbocycles. The minimum Gasteiger partial charge on any atom is -0.346 e. The highest BCUT2D eigenvalue weighted by Gasteiger charge is 2.18. The van der Waals surface area contributed by atoms with Crippen molar-refractivity contribution in [1.29, 1.82) is 0 Å². The van der Waals surface area contributed by atoms with Gasteiger partial charge >= 0.3 is 0 Å². The van der Waals surface area contributed by atoms with Gasteiger partial charge in [0.2, 0.25) is 5.91 Å². The number of imidazole rings is 1. The van der Waals surface area contributed by atoms with Crippen molar-refractivity contribution in [2.45, 2.75) is 38.5 Å². The van der Waals surface area contributed by atoms with Crippen LogP contribution in [0.1, 0.15) is 37.9 Å². The van der Waals surface area contributed by atoms with E-state index in [2.05, 4.69) is 15.3 Å². The fourth-order valence-corrected chi connectivity index (χ4v) is 3.43. The van der Waals surface area contributed by atoms with Gasteiger partial charge < -0.3 is 15.2 Å². The van der Waals surface area contributed by atoms with Gasteiger partial charge in [0, 0.05) is 26.4 Å². The van der Waals surface area contributed by atoms with Crippen molar-refractivity contribution in [2.24, 2.45) is 5.92 Å². The molecule has 1 fully saturated rings. The smallest absolute Gasteiger partial charge is 0.222 e. The molecule has 1 saturated heterocycles. The number of hydrogen-bond donors (Lipinski definition) is 2. The molecule has 1 atom stereocenters. The van der Waals surface area contributed by atoms with Crippen LogP contribution in [0.25, 0.3) is 11.0 Å². The number of benzene rings is 1. The number of carbonyl (C=O) groups excluding carboxylic acids is 1. The predicted molar refractivity (Wildman–Crippen MR) is 96.9 cm³/mol. The van der Waals surface area contributed by atoms with Crippen LogP contribution >= 0.6 is 0 Å². The van der Waals surface area contributed by atoms with E-state index >= 15 is 0 Å². The maximum atomic E-state index is 12.4. The third kappa shape index (κ3) is 4.57. The number of nitrogens with zero attached hydrogens (tertiary/aromatic N) is 2. The number of rotatable bonds is 6. The molecule has 1 aliphatic heterocycles. The third-order valence-electron chi connectivity index (χ3n) is 4.93. The quantitative estimate of drug-likeness (QED) is 0.857. The SMILES string of the molecule is CN(CCCc1nc2ccccc2[nH]1)C(=O)CC1CCCNCC1. The maximum Gasteiger partial charge on any atom is 0.222 e. The molecule has 24 heavy (non-hydrogen) atoms. The molecule has 0 bridgehead atoms. The summed E-state index contributed by atoms with van der Waals surface area (Å²) in [5, 5.41) is 3.41. The number of para-hydroxylation sites is 2. The zero-order valence-corrected chi connectivity index (χ0v) is 14.6. The summed E-state index contributed by atoms with van der Waals surface area (Å²) in [5.74, 6) is 1.84. The van der Waals surface area contributed by atoms with Crippen molar-refractivity contribution in [2.75, 3.05) is 26.7 Å². The lowest BCUT2D eigenvalue weighted by atomic mass is 9.96. The first-order valence-corrected chi connectivity index (χ1v) is 9.10. The van der Waals surface area contributed by atoms with Gasteiger partial charge in [0.1, 0.15) is 5.82 Å². The average Bonchev–Trinajstić information content (AvgIpc) is 2.82. The molecular weight excluding hydrogens is 300 g/mol. The Morgan fingerprint density at radius 1 is 1.29 bits per heavy atom. The number of amides is 1. The maximum absolute atomic E-state index is 12.4. The van der Waals surface area contributed by atoms with Gasteiger partial charge in [-0.2, -0.15) is 0 Å². The summed E-state index contributed by atoms with van der Waals surface area (Å²) in [6.45, 7) is 2.94. The number of fused-ring (bicyclic) bond motifs is 1. The second kappa shape index (κ2) is 8.29. The molecule has 1 unspecified atom stereocenters. The number of H-pyrrole nitrogens is 1. The molecule has 1 aromatic heterocycles. The molecule has 2 N–H and O–H groups in total. The molecule has 1 aliphatic rings. The van der Waals surface area contributed by atoms with Crippen LogP contribution in [-0.4, -0.2) is 47.5 Å². The fraction of sp³-hybridized carbons (Fsp3) is 0.579. The Morgan fingerprint density at radius 3 is 3.04 bits per heavy atom. The number of aromatic nitrogens is 2. The summed E-state index contributed by atoms with van der Waals surface area (Å²) < 4.78 is 0. The van der Waals surface area contributed by atoms with Gasteiger partial charge in [-0.1, -0.05) is 12.1 Å². The summed E-state index contributed by atoms with van der Waals surface area (Å²) in [6, 6.07) is 8.08. The molecule has 1 amide bonds. The third-order valence-corrected chi connectivity index (χ3v) is 4.93. The Balaban J connectivity index is 1.42. The van der Waals surface area contributed by atoms with Gasteiger partial charge in [-0.15, -0.1) is 0 Å². The van der Waals surface area contributed by atoms with Gasteiger partial charge in [-0.05, 0) is 56.8 Å². The lowest BCUT2D eigenvalue weighted by Crippen LogP contribution is -2.30. The topological polar surface area (TPSA) is 61.0 Å². The monoisotopic (exact) mass is 328 g/mol. The minimum absolute atomic E-state index is 0.284. The highest BCUT2D eigenvalue weighted by Crippen LogP contribution is 2.18. The van der Waals surface area contributed by atoms with Crippen molar-refractivity contribution < 1.29 is 4.79 Å². The first kappa shape index (κ1) is 17.0. The van der Waals surface area contributed by atoms with Crippen LogP contribution in [0.2, 0.25) is 0 Å². The van der Waals surface area contributed by atoms with E-state index < -0.39 is 0 Å². The molecule has 0 radical (unpaired) electrons. The Hall–Kier alpha value is -1.88. The van der Waals surface area contributed by atoms with E-state index in [4.69, 9.17) is 0 Å². The van der Waals surface area contributed by atoms with Crippen molar-refractivity contribution in [3.63, 3.8) is 0 Å². The second-order valence-corrected chi connectivity index (χ2v) is 6.87. The zero-order chi connectivity index (χ0) is 16.8. The van der Waals surface area contributed by atoms with Crippen LogP contribution in [-0.2, 0) is 11.2 Å². The standard InChI is InChI=1S/C19H28N4O/c1-23(19(24)14-15-6-4-11-20-12-10-15)13-5-9-18-21-16-7-2-3-8-17(16)22-18/h2-3,7-8,15,20H,4-6,9-14H2,1H3,(H,21,22). The second-order valence-electron chi connectivity index (χ2n) is 6.87. The van der Waals surface area contributed by atoms with Gasteiger partial charge in [-0.25, -0.2) is 4.98 Å². The first-order chi connectivity index (χ1) is 11.7. The summed E-state index contributed by atoms with van der Waals surface area (Å²) in [7, 11) is 1.93. The molecule has 0 aliphatic carbocycles. The van der Waals surface area contributed by atoms with E-state index in [-0.39, 0.29) is 5.91 Å². The van der Waals surface area contributed by atoms with Crippen LogP contribution in [0.5, 0.6) is 0 Å². The van der Waals surface area contributed by atoms with Gasteiger partial charge in [0.05, 0.1) is 11.0 Å². The van der Waals surface area contributed by atoms with Gasteiger partial charge in [-0.3, -0.25) is 4.79 Å². The van der Waals surface area contributed by atoms with Gasteiger partial charge in [0.25, 0.3) is 0 Å². The number of aryl methyl sites for hydroxylation is 1. The number of carbonyl (C=O) groups is 1. The Morgan fingerprint density at radius 2 is 2.17 bits per heavy atom. The van der Waals surface area contributed by atoms with E-state index in [0.29, 0.717) is 12.3 Å². The van der Waals surface area contributed by atoms with Crippen LogP contribution in [0.15, 0.2) is 24.3 Å². The van der Waals surface area contributed by atoms with Crippen molar-refractivity contribution in [3.8, 4) is 0 Å². The molecular formula is C19H28N4O. The summed E-state index contributed by atoms with van der Waals surface area (Å²) in [5.41, 5.74) is 2.10. The Bertz CT molecular complexity index is 625. The Labute approximate surface area is 143 Å². The fourth-order valence-electron chi connectivity index (χ4n) is 3.43. The molecule has 2 aromatic rings. The highest BCUT2D eigenvalue weighted by molar-refractivity contribution is 5.76. The Kier molecular flexibility index (Phi) is 5.86. The molecule has 0 spiro atoms. The van der Waals surface area contributed by atoms with E-state index in [1.807, 2.05) is 36.2 Å². The summed E-state index contributed by atoms with van der Waals surface area (Å²) >= 11 is 0. The molecule has 5 heteroatoms. The minimum atomic E-state index is 0.284. The lowest BCUT2D eigenvalue weighted by Gasteiger charge is -2.20. The van der Waals surface area contributed by atoms with Gasteiger partial charge in [0.15, 0.2) is 0 Å². The molecule has 130 valence electrons. The molecule has 0 saturated carbocycles. The van der Waals surface area contributed by atoms with Crippen molar-refractivity contribution in [3.05, 3.63) is 30.1 Å². The normalized spacial score (nSPS) is 18.5. The van der Waals surface area contributed by atoms with Crippen LogP contribution < -0.4 is 5.32 Å². The zero-order valence-electron chi connectivity index (χ0n) is 14.6. The summed E-state index contributed by atoms with van der Waals surface area (Å²) in [4.78, 5) is 22.2. The number of aromatic amines is 1. The molecule has 2 heterocycles. The lowest BCUT2D eigenvalue weighted by molar-refractivity contribution is -0.131. The molecule has 3 rings (SSSR count). The number of hydrogen-bond acceptors (Lipinski definition) is 3. The van der Waals surface area contributed by atoms with E-state index in [1.54, 1.807) is 0 Å². The van der Waals surface area contributed by atoms with Crippen LogP contribution in [0, 0.1) is 5.92 Å². The molecule has 5 nitrogen and oxygen atoms in total. The average molecular weight is 328 g/mol. The summed E-state index contributed by atoms with van der Waals surface area (Å²) in [6.07, 6.45) is 5.99. The van der Waals surface area contributed by atoms with E-state index in [1.165, 1.54) is 12.8 Å². The van der Waals surface area contributed by atoms with E-state index in [0.717, 1.165) is 55.8 Å². The van der Waals surface area contributed by atoms with Crippen molar-refractivity contribution >= 4 is 16.9 Å². The number of nitrogens with one attached hydrogen (secondary N) is 2. The predicted octanol–water partition coefficient (Wildman–Crippen LogP) is 2.73. The van der Waals surface area contributed by atoms with Crippen LogP contribution in [0.3, 0.4) is 0 Å². The van der Waals surface area contributed by atoms with Crippen molar-refractivity contribution in [1.82, 2.24) is 20.2 Å². The van der Waals surface area contributed by atoms with E-state index in [9.17, 15) is 4.79 Å². The highest BCUT2D eigenvalue weighted by atomic mass is 16.2. The largest absolute Gasteiger partial charge is 0.346 e. The first-order valence-electron chi connectivity index (χ1n) is 9.10.